The third kappa shape index (κ3) is 4.74. The third-order valence-electron chi connectivity index (χ3n) is 9.38. The first-order valence-electron chi connectivity index (χ1n) is 15.8. The minimum Gasteiger partial charge on any atom is -0.0622 e. The van der Waals surface area contributed by atoms with Gasteiger partial charge < -0.3 is 0 Å². The van der Waals surface area contributed by atoms with Crippen molar-refractivity contribution >= 4 is 43.1 Å². The molecule has 210 valence electrons. The summed E-state index contributed by atoms with van der Waals surface area (Å²) in [6.45, 7) is 0. The smallest absolute Gasteiger partial charge is 0.00134 e. The largest absolute Gasteiger partial charge is 0.0622 e. The van der Waals surface area contributed by atoms with Gasteiger partial charge in [-0.3, -0.25) is 0 Å². The van der Waals surface area contributed by atoms with Crippen LogP contribution in [0.25, 0.3) is 43.1 Å². The Morgan fingerprint density at radius 1 is 0.227 bits per heavy atom. The highest BCUT2D eigenvalue weighted by atomic mass is 14.2. The molecule has 8 aromatic carbocycles. The standard InChI is InChI=1S/C44H34/c1-3-15-31(16-4-1)29-43-37-23-11-7-19-33(37)41(34-20-8-12-24-38(34)43)27-28-42-35-21-9-13-25-39(35)44(30-32-17-5-2-6-18-32)40-26-14-10-22-36(40)42/h1-26H,27-30H2. The van der Waals surface area contributed by atoms with Gasteiger partial charge in [-0.25, -0.2) is 0 Å². The molecule has 0 atom stereocenters. The molecule has 0 spiro atoms. The van der Waals surface area contributed by atoms with Crippen LogP contribution in [-0.2, 0) is 25.7 Å². The van der Waals surface area contributed by atoms with Crippen LogP contribution in [0.15, 0.2) is 158 Å². The average Bonchev–Trinajstić information content (AvgIpc) is 3.09. The molecule has 0 radical (unpaired) electrons. The van der Waals surface area contributed by atoms with Gasteiger partial charge in [-0.2, -0.15) is 0 Å². The zero-order chi connectivity index (χ0) is 29.3. The Kier molecular flexibility index (Phi) is 6.89. The summed E-state index contributed by atoms with van der Waals surface area (Å²) in [5.41, 5.74) is 8.46. The number of hydrogen-bond acceptors (Lipinski definition) is 0. The summed E-state index contributed by atoms with van der Waals surface area (Å²) >= 11 is 0. The Balaban J connectivity index is 1.28. The van der Waals surface area contributed by atoms with E-state index >= 15 is 0 Å². The van der Waals surface area contributed by atoms with Crippen molar-refractivity contribution in [2.45, 2.75) is 25.7 Å². The highest BCUT2D eigenvalue weighted by Gasteiger charge is 2.17. The van der Waals surface area contributed by atoms with Crippen LogP contribution in [0.3, 0.4) is 0 Å². The van der Waals surface area contributed by atoms with E-state index in [9.17, 15) is 0 Å². The second-order valence-corrected chi connectivity index (χ2v) is 11.9. The van der Waals surface area contributed by atoms with E-state index in [4.69, 9.17) is 0 Å². The summed E-state index contributed by atoms with van der Waals surface area (Å²) in [6.07, 6.45) is 3.83. The average molecular weight is 563 g/mol. The van der Waals surface area contributed by atoms with E-state index in [-0.39, 0.29) is 0 Å². The van der Waals surface area contributed by atoms with Gasteiger partial charge in [0.1, 0.15) is 0 Å². The van der Waals surface area contributed by atoms with Crippen molar-refractivity contribution in [1.82, 2.24) is 0 Å². The predicted octanol–water partition coefficient (Wildman–Crippen LogP) is 11.3. The van der Waals surface area contributed by atoms with Crippen LogP contribution in [-0.4, -0.2) is 0 Å². The van der Waals surface area contributed by atoms with E-state index in [1.807, 2.05) is 0 Å². The predicted molar refractivity (Wildman–Crippen MR) is 189 cm³/mol. The molecular weight excluding hydrogens is 528 g/mol. The lowest BCUT2D eigenvalue weighted by atomic mass is 9.84. The fourth-order valence-corrected chi connectivity index (χ4v) is 7.39. The third-order valence-corrected chi connectivity index (χ3v) is 9.38. The maximum absolute atomic E-state index is 2.34. The van der Waals surface area contributed by atoms with Gasteiger partial charge in [-0.15, -0.1) is 0 Å². The number of hydrogen-bond donors (Lipinski definition) is 0. The normalized spacial score (nSPS) is 11.5. The van der Waals surface area contributed by atoms with Gasteiger partial charge in [0.25, 0.3) is 0 Å². The molecule has 0 saturated heterocycles. The number of benzene rings is 8. The summed E-state index contributed by atoms with van der Waals surface area (Å²) in [5.74, 6) is 0. The Labute approximate surface area is 259 Å². The second-order valence-electron chi connectivity index (χ2n) is 11.9. The Morgan fingerprint density at radius 2 is 0.455 bits per heavy atom. The van der Waals surface area contributed by atoms with Crippen molar-refractivity contribution in [1.29, 1.82) is 0 Å². The van der Waals surface area contributed by atoms with Crippen molar-refractivity contribution < 1.29 is 0 Å². The SMILES string of the molecule is c1ccc(Cc2c3ccccc3c(CCc3c4ccccc4c(Cc4ccccc4)c4ccccc34)c3ccccc23)cc1. The van der Waals surface area contributed by atoms with E-state index in [0.29, 0.717) is 0 Å². The molecule has 0 bridgehead atoms. The fourth-order valence-electron chi connectivity index (χ4n) is 7.39. The van der Waals surface area contributed by atoms with E-state index in [0.717, 1.165) is 25.7 Å². The highest BCUT2D eigenvalue weighted by molar-refractivity contribution is 6.08. The molecule has 0 heterocycles. The molecule has 0 fully saturated rings. The summed E-state index contributed by atoms with van der Waals surface area (Å²) in [6, 6.07) is 58.0. The van der Waals surface area contributed by atoms with Crippen LogP contribution in [0.2, 0.25) is 0 Å². The lowest BCUT2D eigenvalue weighted by Crippen LogP contribution is -2.01. The summed E-state index contributed by atoms with van der Waals surface area (Å²) in [4.78, 5) is 0. The summed E-state index contributed by atoms with van der Waals surface area (Å²) < 4.78 is 0. The van der Waals surface area contributed by atoms with Crippen molar-refractivity contribution in [2.24, 2.45) is 0 Å². The summed E-state index contributed by atoms with van der Waals surface area (Å²) in [7, 11) is 0. The van der Waals surface area contributed by atoms with E-state index in [2.05, 4.69) is 158 Å². The Hall–Kier alpha value is -5.20. The molecule has 0 unspecified atom stereocenters. The van der Waals surface area contributed by atoms with Gasteiger partial charge in [0.15, 0.2) is 0 Å². The maximum Gasteiger partial charge on any atom is -0.00134 e. The molecule has 0 aliphatic carbocycles. The Bertz CT molecular complexity index is 1980. The Morgan fingerprint density at radius 3 is 0.727 bits per heavy atom. The molecule has 0 heteroatoms. The van der Waals surface area contributed by atoms with Gasteiger partial charge in [-0.1, -0.05) is 158 Å². The molecular formula is C44H34. The van der Waals surface area contributed by atoms with Crippen molar-refractivity contribution in [3.8, 4) is 0 Å². The van der Waals surface area contributed by atoms with Gasteiger partial charge in [-0.05, 0) is 102 Å². The van der Waals surface area contributed by atoms with Crippen LogP contribution in [0.1, 0.15) is 33.4 Å². The van der Waals surface area contributed by atoms with Crippen molar-refractivity contribution in [3.05, 3.63) is 191 Å². The molecule has 0 nitrogen and oxygen atoms in total. The van der Waals surface area contributed by atoms with Crippen LogP contribution < -0.4 is 0 Å². The topological polar surface area (TPSA) is 0 Å². The fraction of sp³-hybridized carbons (Fsp3) is 0.0909. The minimum atomic E-state index is 0.931. The molecule has 0 aliphatic rings. The molecule has 8 rings (SSSR count). The van der Waals surface area contributed by atoms with Crippen LogP contribution in [0.4, 0.5) is 0 Å². The summed E-state index contributed by atoms with van der Waals surface area (Å²) in [5, 5.41) is 11.0. The van der Waals surface area contributed by atoms with Crippen LogP contribution in [0, 0.1) is 0 Å². The van der Waals surface area contributed by atoms with E-state index in [1.54, 1.807) is 0 Å². The zero-order valence-corrected chi connectivity index (χ0v) is 24.8. The second kappa shape index (κ2) is 11.5. The first kappa shape index (κ1) is 26.4. The highest BCUT2D eigenvalue weighted by Crippen LogP contribution is 2.38. The van der Waals surface area contributed by atoms with Crippen molar-refractivity contribution in [3.63, 3.8) is 0 Å². The lowest BCUT2D eigenvalue weighted by Gasteiger charge is -2.20. The monoisotopic (exact) mass is 562 g/mol. The molecule has 0 saturated carbocycles. The van der Waals surface area contributed by atoms with Gasteiger partial charge in [0, 0.05) is 0 Å². The van der Waals surface area contributed by atoms with Crippen LogP contribution in [0.5, 0.6) is 0 Å². The molecule has 0 aromatic heterocycles. The lowest BCUT2D eigenvalue weighted by molar-refractivity contribution is 0.994. The van der Waals surface area contributed by atoms with Gasteiger partial charge in [0.05, 0.1) is 0 Å². The number of aryl methyl sites for hydroxylation is 2. The van der Waals surface area contributed by atoms with Crippen molar-refractivity contribution in [2.75, 3.05) is 0 Å². The first-order valence-corrected chi connectivity index (χ1v) is 15.8. The van der Waals surface area contributed by atoms with Gasteiger partial charge in [0.2, 0.25) is 0 Å². The maximum atomic E-state index is 2.34. The minimum absolute atomic E-state index is 0.931. The molecule has 44 heavy (non-hydrogen) atoms. The molecule has 8 aromatic rings. The zero-order valence-electron chi connectivity index (χ0n) is 24.8. The quantitative estimate of drug-likeness (QED) is 0.170. The van der Waals surface area contributed by atoms with Crippen LogP contribution >= 0.6 is 0 Å². The van der Waals surface area contributed by atoms with E-state index < -0.39 is 0 Å². The number of rotatable bonds is 7. The first-order chi connectivity index (χ1) is 21.8. The number of fused-ring (bicyclic) bond motifs is 4. The molecule has 0 aliphatic heterocycles. The van der Waals surface area contributed by atoms with E-state index in [1.165, 1.54) is 76.5 Å². The molecule has 0 N–H and O–H groups in total. The molecule has 0 amide bonds. The van der Waals surface area contributed by atoms with Gasteiger partial charge >= 0.3 is 0 Å².